The van der Waals surface area contributed by atoms with Crippen molar-refractivity contribution in [3.05, 3.63) is 58.1 Å². The Hall–Kier alpha value is -2.04. The normalized spacial score (nSPS) is 10.8. The molecule has 0 aliphatic heterocycles. The van der Waals surface area contributed by atoms with E-state index in [1.807, 2.05) is 45.9 Å². The largest absolute Gasteiger partial charge is 0.494 e. The van der Waals surface area contributed by atoms with Crippen LogP contribution >= 0.6 is 11.6 Å². The second-order valence-electron chi connectivity index (χ2n) is 6.03. The molecule has 1 amide bonds. The molecule has 2 aromatic rings. The Morgan fingerprint density at radius 1 is 1.20 bits per heavy atom. The number of halogens is 1. The molecule has 0 aromatic heterocycles. The number of rotatable bonds is 7. The number of aryl methyl sites for hydroxylation is 1. The van der Waals surface area contributed by atoms with Crippen LogP contribution in [-0.4, -0.2) is 18.6 Å². The van der Waals surface area contributed by atoms with Crippen LogP contribution in [0.15, 0.2) is 36.4 Å². The summed E-state index contributed by atoms with van der Waals surface area (Å²) in [5.41, 5.74) is 3.06. The zero-order valence-corrected chi connectivity index (χ0v) is 15.8. The smallest absolute Gasteiger partial charge is 0.255 e. The maximum atomic E-state index is 12.6. The van der Waals surface area contributed by atoms with Gasteiger partial charge in [-0.05, 0) is 69.7 Å². The van der Waals surface area contributed by atoms with Crippen molar-refractivity contribution in [2.75, 3.05) is 11.9 Å². The maximum Gasteiger partial charge on any atom is 0.255 e. The molecule has 2 aromatic carbocycles. The van der Waals surface area contributed by atoms with Crippen LogP contribution in [0.2, 0.25) is 5.02 Å². The van der Waals surface area contributed by atoms with Crippen LogP contribution in [0.25, 0.3) is 0 Å². The average Bonchev–Trinajstić information content (AvgIpc) is 2.56. The molecule has 0 heterocycles. The van der Waals surface area contributed by atoms with Gasteiger partial charge in [-0.15, -0.1) is 0 Å². The summed E-state index contributed by atoms with van der Waals surface area (Å²) < 4.78 is 11.3. The van der Waals surface area contributed by atoms with Gasteiger partial charge in [-0.1, -0.05) is 11.6 Å². The Morgan fingerprint density at radius 3 is 2.60 bits per heavy atom. The molecule has 0 unspecified atom stereocenters. The Bertz CT molecular complexity index is 744. The highest BCUT2D eigenvalue weighted by molar-refractivity contribution is 6.30. The van der Waals surface area contributed by atoms with Crippen LogP contribution in [-0.2, 0) is 11.3 Å². The zero-order chi connectivity index (χ0) is 18.4. The molecule has 0 spiro atoms. The number of carbonyl (C=O) groups is 1. The summed E-state index contributed by atoms with van der Waals surface area (Å²) >= 11 is 5.96. The first kappa shape index (κ1) is 19.3. The van der Waals surface area contributed by atoms with Crippen molar-refractivity contribution in [1.82, 2.24) is 0 Å². The van der Waals surface area contributed by atoms with Crippen LogP contribution in [0.1, 0.15) is 42.3 Å². The van der Waals surface area contributed by atoms with Crippen molar-refractivity contribution in [3.8, 4) is 5.75 Å². The van der Waals surface area contributed by atoms with Crippen LogP contribution in [0, 0.1) is 6.92 Å². The van der Waals surface area contributed by atoms with Gasteiger partial charge in [0.25, 0.3) is 5.91 Å². The van der Waals surface area contributed by atoms with Crippen molar-refractivity contribution in [3.63, 3.8) is 0 Å². The van der Waals surface area contributed by atoms with Gasteiger partial charge < -0.3 is 14.8 Å². The molecule has 25 heavy (non-hydrogen) atoms. The lowest BCUT2D eigenvalue weighted by molar-refractivity contribution is 0.0641. The van der Waals surface area contributed by atoms with Crippen LogP contribution in [0.4, 0.5) is 5.69 Å². The number of carbonyl (C=O) groups excluding carboxylic acids is 1. The quantitative estimate of drug-likeness (QED) is 0.735. The van der Waals surface area contributed by atoms with E-state index in [9.17, 15) is 4.79 Å². The zero-order valence-electron chi connectivity index (χ0n) is 15.1. The van der Waals surface area contributed by atoms with E-state index in [2.05, 4.69) is 5.32 Å². The van der Waals surface area contributed by atoms with Crippen molar-refractivity contribution in [1.29, 1.82) is 0 Å². The monoisotopic (exact) mass is 361 g/mol. The first-order valence-corrected chi connectivity index (χ1v) is 8.73. The van der Waals surface area contributed by atoms with Gasteiger partial charge in [0.15, 0.2) is 0 Å². The molecule has 0 atom stereocenters. The van der Waals surface area contributed by atoms with E-state index < -0.39 is 0 Å². The van der Waals surface area contributed by atoms with Crippen LogP contribution in [0.5, 0.6) is 5.75 Å². The summed E-state index contributed by atoms with van der Waals surface area (Å²) in [5, 5.41) is 3.56. The molecule has 134 valence electrons. The minimum atomic E-state index is -0.181. The summed E-state index contributed by atoms with van der Waals surface area (Å²) in [7, 11) is 0. The van der Waals surface area contributed by atoms with E-state index in [-0.39, 0.29) is 12.0 Å². The molecule has 0 radical (unpaired) electrons. The lowest BCUT2D eigenvalue weighted by atomic mass is 10.1. The third-order valence-corrected chi connectivity index (χ3v) is 3.87. The van der Waals surface area contributed by atoms with E-state index >= 15 is 0 Å². The van der Waals surface area contributed by atoms with Crippen molar-refractivity contribution >= 4 is 23.2 Å². The Balaban J connectivity index is 2.22. The van der Waals surface area contributed by atoms with Gasteiger partial charge in [-0.3, -0.25) is 4.79 Å². The number of anilines is 1. The fourth-order valence-electron chi connectivity index (χ4n) is 2.35. The second kappa shape index (κ2) is 8.88. The number of hydrogen-bond acceptors (Lipinski definition) is 3. The minimum absolute atomic E-state index is 0.101. The van der Waals surface area contributed by atoms with E-state index in [0.717, 1.165) is 22.6 Å². The van der Waals surface area contributed by atoms with E-state index in [1.165, 1.54) is 0 Å². The lowest BCUT2D eigenvalue weighted by Gasteiger charge is -2.14. The number of nitrogens with one attached hydrogen (secondary N) is 1. The Labute approximate surface area is 154 Å². The standard InChI is InChI=1S/C20H24ClNO3/c1-5-24-19-9-6-15(11-16(19)12-25-13(2)3)20(23)22-18-8-7-17(21)10-14(18)4/h6-11,13H,5,12H2,1-4H3,(H,22,23). The van der Waals surface area contributed by atoms with Gasteiger partial charge in [0.2, 0.25) is 0 Å². The predicted molar refractivity (Wildman–Crippen MR) is 102 cm³/mol. The summed E-state index contributed by atoms with van der Waals surface area (Å²) in [5.74, 6) is 0.557. The third-order valence-electron chi connectivity index (χ3n) is 3.63. The van der Waals surface area contributed by atoms with Gasteiger partial charge in [0.05, 0.1) is 19.3 Å². The predicted octanol–water partition coefficient (Wildman–Crippen LogP) is 5.22. The molecule has 0 fully saturated rings. The average molecular weight is 362 g/mol. The van der Waals surface area contributed by atoms with Gasteiger partial charge >= 0.3 is 0 Å². The molecule has 0 saturated heterocycles. The molecule has 0 aliphatic rings. The molecule has 0 saturated carbocycles. The van der Waals surface area contributed by atoms with Gasteiger partial charge in [-0.2, -0.15) is 0 Å². The van der Waals surface area contributed by atoms with Crippen molar-refractivity contribution < 1.29 is 14.3 Å². The first-order chi connectivity index (χ1) is 11.9. The fraction of sp³-hybridized carbons (Fsp3) is 0.350. The first-order valence-electron chi connectivity index (χ1n) is 8.35. The van der Waals surface area contributed by atoms with E-state index in [0.29, 0.717) is 23.8 Å². The van der Waals surface area contributed by atoms with Gasteiger partial charge in [0, 0.05) is 21.8 Å². The molecular weight excluding hydrogens is 338 g/mol. The molecule has 0 aliphatic carbocycles. The molecule has 5 heteroatoms. The summed E-state index contributed by atoms with van der Waals surface area (Å²) in [4.78, 5) is 12.6. The van der Waals surface area contributed by atoms with Crippen LogP contribution in [0.3, 0.4) is 0 Å². The molecule has 1 N–H and O–H groups in total. The van der Waals surface area contributed by atoms with Gasteiger partial charge in [0.1, 0.15) is 5.75 Å². The second-order valence-corrected chi connectivity index (χ2v) is 6.47. The summed E-state index contributed by atoms with van der Waals surface area (Å²) in [6, 6.07) is 10.7. The van der Waals surface area contributed by atoms with Crippen LogP contribution < -0.4 is 10.1 Å². The number of ether oxygens (including phenoxy) is 2. The molecule has 0 bridgehead atoms. The van der Waals surface area contributed by atoms with Gasteiger partial charge in [-0.25, -0.2) is 0 Å². The molecule has 2 rings (SSSR count). The SMILES string of the molecule is CCOc1ccc(C(=O)Nc2ccc(Cl)cc2C)cc1COC(C)C. The molecule has 4 nitrogen and oxygen atoms in total. The summed E-state index contributed by atoms with van der Waals surface area (Å²) in [6.45, 7) is 8.73. The van der Waals surface area contributed by atoms with E-state index in [1.54, 1.807) is 18.2 Å². The highest BCUT2D eigenvalue weighted by Crippen LogP contribution is 2.24. The maximum absolute atomic E-state index is 12.6. The highest BCUT2D eigenvalue weighted by Gasteiger charge is 2.12. The van der Waals surface area contributed by atoms with E-state index in [4.69, 9.17) is 21.1 Å². The van der Waals surface area contributed by atoms with Crippen molar-refractivity contribution in [2.24, 2.45) is 0 Å². The van der Waals surface area contributed by atoms with Crippen molar-refractivity contribution in [2.45, 2.75) is 40.4 Å². The lowest BCUT2D eigenvalue weighted by Crippen LogP contribution is -2.14. The topological polar surface area (TPSA) is 47.6 Å². The summed E-state index contributed by atoms with van der Waals surface area (Å²) in [6.07, 6.45) is 0.101. The minimum Gasteiger partial charge on any atom is -0.494 e. The highest BCUT2D eigenvalue weighted by atomic mass is 35.5. The Kier molecular flexibility index (Phi) is 6.85. The molecular formula is C20H24ClNO3. The Morgan fingerprint density at radius 2 is 1.96 bits per heavy atom. The third kappa shape index (κ3) is 5.48. The fourth-order valence-corrected chi connectivity index (χ4v) is 2.57. The number of benzene rings is 2. The number of hydrogen-bond donors (Lipinski definition) is 1. The number of amides is 1.